The smallest absolute Gasteiger partial charge is 0.316 e. The molecule has 0 unspecified atom stereocenters. The molecule has 0 aliphatic rings. The van der Waals surface area contributed by atoms with Crippen LogP contribution < -0.4 is 5.56 Å². The van der Waals surface area contributed by atoms with Crippen LogP contribution in [0.25, 0.3) is 22.0 Å². The Labute approximate surface area is 196 Å². The van der Waals surface area contributed by atoms with Crippen LogP contribution in [-0.4, -0.2) is 35.9 Å². The van der Waals surface area contributed by atoms with Gasteiger partial charge in [0.2, 0.25) is 0 Å². The maximum atomic E-state index is 12.4. The van der Waals surface area contributed by atoms with Gasteiger partial charge >= 0.3 is 5.97 Å². The van der Waals surface area contributed by atoms with Gasteiger partial charge < -0.3 is 4.74 Å². The zero-order chi connectivity index (χ0) is 22.6. The summed E-state index contributed by atoms with van der Waals surface area (Å²) >= 11 is 2.59. The minimum absolute atomic E-state index is 0.0417. The van der Waals surface area contributed by atoms with Gasteiger partial charge in [0, 0.05) is 28.9 Å². The van der Waals surface area contributed by atoms with E-state index >= 15 is 0 Å². The highest BCUT2D eigenvalue weighted by Crippen LogP contribution is 2.27. The molecule has 164 valence electrons. The molecule has 0 aliphatic heterocycles. The molecule has 0 N–H and O–H groups in total. The molecule has 0 bridgehead atoms. The highest BCUT2D eigenvalue weighted by Gasteiger charge is 2.17. The fourth-order valence-electron chi connectivity index (χ4n) is 3.23. The van der Waals surface area contributed by atoms with Gasteiger partial charge in [-0.1, -0.05) is 60.3 Å². The van der Waals surface area contributed by atoms with Crippen molar-refractivity contribution in [1.29, 1.82) is 0 Å². The van der Waals surface area contributed by atoms with Gasteiger partial charge in [0.05, 0.1) is 11.4 Å². The summed E-state index contributed by atoms with van der Waals surface area (Å²) in [6, 6.07) is 20.9. The predicted molar refractivity (Wildman–Crippen MR) is 127 cm³/mol. The lowest BCUT2D eigenvalue weighted by Crippen LogP contribution is -2.15. The highest BCUT2D eigenvalue weighted by molar-refractivity contribution is 7.99. The number of esters is 1. The summed E-state index contributed by atoms with van der Waals surface area (Å²) in [5.74, 6) is 0.295. The molecule has 5 rings (SSSR count). The number of nitrogens with zero attached hydrogens (tertiary/aromatic N) is 5. The van der Waals surface area contributed by atoms with Crippen LogP contribution in [0.4, 0.5) is 0 Å². The van der Waals surface area contributed by atoms with Crippen molar-refractivity contribution in [2.75, 3.05) is 5.75 Å². The standard InChI is InChI=1S/C23H17N5O3S2/c29-19-13-17(24-22-27(19)11-12-32-22)14-31-20(30)15-33-23-26-25-21(16-7-3-1-4-8-16)28(23)18-9-5-2-6-10-18/h1-13H,14-15H2. The average molecular weight is 476 g/mol. The summed E-state index contributed by atoms with van der Waals surface area (Å²) in [4.78, 5) is 29.4. The third kappa shape index (κ3) is 4.57. The molecule has 2 aromatic carbocycles. The van der Waals surface area contributed by atoms with E-state index in [-0.39, 0.29) is 17.9 Å². The lowest BCUT2D eigenvalue weighted by atomic mass is 10.2. The molecule has 8 nitrogen and oxygen atoms in total. The Morgan fingerprint density at radius 3 is 2.58 bits per heavy atom. The van der Waals surface area contributed by atoms with E-state index in [1.54, 1.807) is 11.6 Å². The number of fused-ring (bicyclic) bond motifs is 1. The molecule has 0 atom stereocenters. The number of thiazole rings is 1. The fourth-order valence-corrected chi connectivity index (χ4v) is 4.72. The van der Waals surface area contributed by atoms with E-state index in [0.29, 0.717) is 21.6 Å². The number of carbonyl (C=O) groups is 1. The second-order valence-electron chi connectivity index (χ2n) is 6.93. The van der Waals surface area contributed by atoms with Crippen LogP contribution >= 0.6 is 23.1 Å². The molecule has 0 radical (unpaired) electrons. The number of para-hydroxylation sites is 1. The summed E-state index contributed by atoms with van der Waals surface area (Å²) in [6.45, 7) is -0.0658. The number of benzene rings is 2. The van der Waals surface area contributed by atoms with Gasteiger partial charge in [-0.3, -0.25) is 18.6 Å². The number of hydrogen-bond donors (Lipinski definition) is 0. The Balaban J connectivity index is 1.31. The van der Waals surface area contributed by atoms with Crippen molar-refractivity contribution in [2.45, 2.75) is 11.8 Å². The average Bonchev–Trinajstić information content (AvgIpc) is 3.50. The van der Waals surface area contributed by atoms with Crippen LogP contribution in [0.2, 0.25) is 0 Å². The van der Waals surface area contributed by atoms with Crippen molar-refractivity contribution in [3.05, 3.63) is 94.4 Å². The third-order valence-corrected chi connectivity index (χ3v) is 6.40. The second kappa shape index (κ2) is 9.39. The number of carbonyl (C=O) groups excluding carboxylic acids is 1. The largest absolute Gasteiger partial charge is 0.459 e. The first-order valence-electron chi connectivity index (χ1n) is 9.99. The summed E-state index contributed by atoms with van der Waals surface area (Å²) in [6.07, 6.45) is 1.66. The molecule has 0 saturated heterocycles. The zero-order valence-corrected chi connectivity index (χ0v) is 18.8. The molecular weight excluding hydrogens is 458 g/mol. The Morgan fingerprint density at radius 1 is 1.03 bits per heavy atom. The number of thioether (sulfide) groups is 1. The van der Waals surface area contributed by atoms with Crippen molar-refractivity contribution in [2.24, 2.45) is 0 Å². The van der Waals surface area contributed by atoms with Gasteiger partial charge in [0.25, 0.3) is 5.56 Å². The fraction of sp³-hybridized carbons (Fsp3) is 0.0870. The first-order valence-corrected chi connectivity index (χ1v) is 11.9. The molecule has 3 aromatic heterocycles. The lowest BCUT2D eigenvalue weighted by Gasteiger charge is -2.10. The maximum absolute atomic E-state index is 12.4. The van der Waals surface area contributed by atoms with Crippen molar-refractivity contribution in [3.63, 3.8) is 0 Å². The van der Waals surface area contributed by atoms with Crippen LogP contribution in [-0.2, 0) is 16.1 Å². The van der Waals surface area contributed by atoms with Gasteiger partial charge in [-0.25, -0.2) is 4.98 Å². The normalized spacial score (nSPS) is 11.0. The quantitative estimate of drug-likeness (QED) is 0.261. The molecule has 3 heterocycles. The Hall–Kier alpha value is -3.76. The SMILES string of the molecule is O=C(CSc1nnc(-c2ccccc2)n1-c1ccccc1)OCc1cc(=O)n2ccsc2n1. The van der Waals surface area contributed by atoms with E-state index < -0.39 is 5.97 Å². The second-order valence-corrected chi connectivity index (χ2v) is 8.75. The summed E-state index contributed by atoms with van der Waals surface area (Å²) in [5.41, 5.74) is 2.03. The number of hydrogen-bond acceptors (Lipinski definition) is 8. The van der Waals surface area contributed by atoms with Gasteiger partial charge in [0.15, 0.2) is 15.9 Å². The number of rotatable bonds is 7. The van der Waals surface area contributed by atoms with Gasteiger partial charge in [-0.15, -0.1) is 21.5 Å². The number of ether oxygens (including phenoxy) is 1. The summed E-state index contributed by atoms with van der Waals surface area (Å²) in [5, 5.41) is 11.0. The Kier molecular flexibility index (Phi) is 6.01. The van der Waals surface area contributed by atoms with Gasteiger partial charge in [0.1, 0.15) is 6.61 Å². The van der Waals surface area contributed by atoms with Crippen LogP contribution in [0.1, 0.15) is 5.69 Å². The molecule has 0 fully saturated rings. The van der Waals surface area contributed by atoms with Crippen molar-refractivity contribution in [1.82, 2.24) is 24.1 Å². The minimum Gasteiger partial charge on any atom is -0.459 e. The predicted octanol–water partition coefficient (Wildman–Crippen LogP) is 3.84. The van der Waals surface area contributed by atoms with Crippen LogP contribution in [0.5, 0.6) is 0 Å². The molecule has 33 heavy (non-hydrogen) atoms. The van der Waals surface area contributed by atoms with Gasteiger partial charge in [-0.2, -0.15) is 0 Å². The van der Waals surface area contributed by atoms with E-state index in [1.807, 2.05) is 65.2 Å². The minimum atomic E-state index is -0.433. The summed E-state index contributed by atoms with van der Waals surface area (Å²) < 4.78 is 8.71. The Bertz CT molecular complexity index is 1460. The maximum Gasteiger partial charge on any atom is 0.316 e. The molecule has 5 aromatic rings. The topological polar surface area (TPSA) is 91.4 Å². The molecule has 0 aliphatic carbocycles. The highest BCUT2D eigenvalue weighted by atomic mass is 32.2. The number of aromatic nitrogens is 5. The van der Waals surface area contributed by atoms with E-state index in [2.05, 4.69) is 15.2 Å². The van der Waals surface area contributed by atoms with E-state index in [0.717, 1.165) is 11.3 Å². The molecule has 0 amide bonds. The monoisotopic (exact) mass is 475 g/mol. The van der Waals surface area contributed by atoms with Gasteiger partial charge in [-0.05, 0) is 12.1 Å². The van der Waals surface area contributed by atoms with Crippen LogP contribution in [0.3, 0.4) is 0 Å². The van der Waals surface area contributed by atoms with Crippen molar-refractivity contribution < 1.29 is 9.53 Å². The van der Waals surface area contributed by atoms with E-state index in [1.165, 1.54) is 33.6 Å². The molecule has 0 spiro atoms. The molecule has 0 saturated carbocycles. The summed E-state index contributed by atoms with van der Waals surface area (Å²) in [7, 11) is 0. The van der Waals surface area contributed by atoms with Crippen LogP contribution in [0.15, 0.2) is 88.3 Å². The van der Waals surface area contributed by atoms with Crippen molar-refractivity contribution >= 4 is 34.0 Å². The van der Waals surface area contributed by atoms with E-state index in [9.17, 15) is 9.59 Å². The van der Waals surface area contributed by atoms with Crippen LogP contribution in [0, 0.1) is 0 Å². The Morgan fingerprint density at radius 2 is 1.79 bits per heavy atom. The van der Waals surface area contributed by atoms with Crippen molar-refractivity contribution in [3.8, 4) is 17.1 Å². The zero-order valence-electron chi connectivity index (χ0n) is 17.2. The lowest BCUT2D eigenvalue weighted by molar-refractivity contribution is -0.141. The van der Waals surface area contributed by atoms with E-state index in [4.69, 9.17) is 4.74 Å². The third-order valence-electron chi connectivity index (χ3n) is 4.74. The first-order chi connectivity index (χ1) is 16.2. The first kappa shape index (κ1) is 21.1. The molecular formula is C23H17N5O3S2. The molecule has 10 heteroatoms.